The Morgan fingerprint density at radius 3 is 1.28 bits per heavy atom. The molecule has 0 N–H and O–H groups in total. The van der Waals surface area contributed by atoms with Crippen LogP contribution >= 0.6 is 0 Å². The average molecular weight is 868 g/mol. The van der Waals surface area contributed by atoms with Gasteiger partial charge in [0, 0.05) is 71.9 Å². The normalized spacial score (nSPS) is 19.6. The molecule has 0 aromatic rings. The zero-order valence-electron chi connectivity index (χ0n) is 40.7. The summed E-state index contributed by atoms with van der Waals surface area (Å²) in [6.07, 6.45) is 4.22. The number of allylic oxidation sites excluding steroid dienone is 2. The average Bonchev–Trinajstić information content (AvgIpc) is 3.10. The van der Waals surface area contributed by atoms with E-state index in [1.807, 2.05) is 88.0 Å². The van der Waals surface area contributed by atoms with Crippen LogP contribution in [0, 0.1) is 0 Å². The molecule has 354 valence electrons. The molecule has 1 atom stereocenters. The summed E-state index contributed by atoms with van der Waals surface area (Å²) in [5.74, 6) is -0.229. The maximum absolute atomic E-state index is 13.2. The third-order valence-electron chi connectivity index (χ3n) is 9.81. The SMILES string of the molecule is CCC(OCCOCCN1CCN(CC(=O)OC(C)(C)C)CCN(CC(=O)OC(C)(C)C)CCN(CC(=O)OC(C)(C)C)CC1)=C(CC)N1CCCC[C@H]1C(=O)OC(C)(C)C. The van der Waals surface area contributed by atoms with Gasteiger partial charge in [-0.25, -0.2) is 4.79 Å². The summed E-state index contributed by atoms with van der Waals surface area (Å²) >= 11 is 0. The summed E-state index contributed by atoms with van der Waals surface area (Å²) in [5.41, 5.74) is -1.34. The van der Waals surface area contributed by atoms with E-state index in [4.69, 9.17) is 28.4 Å². The molecular weight excluding hydrogens is 783 g/mol. The number of piperidine rings is 1. The molecule has 2 heterocycles. The lowest BCUT2D eigenvalue weighted by molar-refractivity contribution is -0.162. The summed E-state index contributed by atoms with van der Waals surface area (Å²) in [5, 5.41) is 0. The van der Waals surface area contributed by atoms with E-state index in [1.165, 1.54) is 0 Å². The van der Waals surface area contributed by atoms with E-state index < -0.39 is 22.4 Å². The number of likely N-dealkylation sites (tertiary alicyclic amines) is 1. The molecule has 0 aromatic carbocycles. The first kappa shape index (κ1) is 54.2. The number of carbonyl (C=O) groups is 4. The first-order valence-electron chi connectivity index (χ1n) is 22.7. The number of hydrogen-bond donors (Lipinski definition) is 0. The second-order valence-corrected chi connectivity index (χ2v) is 20.2. The molecule has 0 saturated carbocycles. The first-order chi connectivity index (χ1) is 28.3. The van der Waals surface area contributed by atoms with Crippen LogP contribution in [0.4, 0.5) is 0 Å². The molecule has 2 fully saturated rings. The second kappa shape index (κ2) is 25.3. The lowest BCUT2D eigenvalue weighted by Crippen LogP contribution is -2.49. The maximum Gasteiger partial charge on any atom is 0.329 e. The molecule has 2 aliphatic heterocycles. The van der Waals surface area contributed by atoms with E-state index in [2.05, 4.69) is 33.4 Å². The second-order valence-electron chi connectivity index (χ2n) is 20.2. The summed E-state index contributed by atoms with van der Waals surface area (Å²) in [4.78, 5) is 63.0. The zero-order valence-corrected chi connectivity index (χ0v) is 40.7. The largest absolute Gasteiger partial charge is 0.494 e. The van der Waals surface area contributed by atoms with E-state index in [1.54, 1.807) is 0 Å². The quantitative estimate of drug-likeness (QED) is 0.0787. The lowest BCUT2D eigenvalue weighted by atomic mass is 9.99. The third kappa shape index (κ3) is 23.9. The van der Waals surface area contributed by atoms with Crippen molar-refractivity contribution in [1.29, 1.82) is 0 Å². The highest BCUT2D eigenvalue weighted by molar-refractivity contribution is 5.76. The summed E-state index contributed by atoms with van der Waals surface area (Å²) in [6.45, 7) is 34.1. The van der Waals surface area contributed by atoms with Gasteiger partial charge < -0.3 is 33.3 Å². The fourth-order valence-electron chi connectivity index (χ4n) is 7.28. The predicted octanol–water partition coefficient (Wildman–Crippen LogP) is 5.49. The lowest BCUT2D eigenvalue weighted by Gasteiger charge is -2.39. The van der Waals surface area contributed by atoms with Crippen LogP contribution in [-0.2, 0) is 47.6 Å². The molecule has 0 aliphatic carbocycles. The fraction of sp³-hybridized carbons (Fsp3) is 0.870. The first-order valence-corrected chi connectivity index (χ1v) is 22.7. The van der Waals surface area contributed by atoms with Gasteiger partial charge in [-0.2, -0.15) is 0 Å². The number of nitrogens with zero attached hydrogens (tertiary/aromatic N) is 5. The maximum atomic E-state index is 13.2. The van der Waals surface area contributed by atoms with Gasteiger partial charge >= 0.3 is 23.9 Å². The van der Waals surface area contributed by atoms with E-state index >= 15 is 0 Å². The van der Waals surface area contributed by atoms with Crippen molar-refractivity contribution in [3.05, 3.63) is 11.5 Å². The third-order valence-corrected chi connectivity index (χ3v) is 9.81. The topological polar surface area (TPSA) is 140 Å². The Hall–Kier alpha value is -2.98. The summed E-state index contributed by atoms with van der Waals surface area (Å²) in [7, 11) is 0. The van der Waals surface area contributed by atoms with Gasteiger partial charge in [-0.05, 0) is 109 Å². The molecule has 15 nitrogen and oxygen atoms in total. The minimum Gasteiger partial charge on any atom is -0.494 e. The van der Waals surface area contributed by atoms with Crippen LogP contribution in [0.25, 0.3) is 0 Å². The summed E-state index contributed by atoms with van der Waals surface area (Å²) < 4.78 is 35.4. The van der Waals surface area contributed by atoms with Gasteiger partial charge in [0.05, 0.1) is 38.5 Å². The Labute approximate surface area is 369 Å². The molecule has 0 amide bonds. The van der Waals surface area contributed by atoms with Gasteiger partial charge in [-0.3, -0.25) is 34.0 Å². The van der Waals surface area contributed by atoms with Crippen LogP contribution in [-0.4, -0.2) is 182 Å². The van der Waals surface area contributed by atoms with E-state index in [0.717, 1.165) is 43.7 Å². The highest BCUT2D eigenvalue weighted by atomic mass is 16.6. The van der Waals surface area contributed by atoms with Gasteiger partial charge in [0.25, 0.3) is 0 Å². The van der Waals surface area contributed by atoms with E-state index in [0.29, 0.717) is 85.1 Å². The van der Waals surface area contributed by atoms with Gasteiger partial charge in [0.1, 0.15) is 40.8 Å². The van der Waals surface area contributed by atoms with Crippen LogP contribution in [0.1, 0.15) is 129 Å². The molecule has 61 heavy (non-hydrogen) atoms. The molecule has 0 radical (unpaired) electrons. The van der Waals surface area contributed by atoms with Crippen molar-refractivity contribution in [2.75, 3.05) is 105 Å². The number of ether oxygens (including phenoxy) is 6. The van der Waals surface area contributed by atoms with Crippen molar-refractivity contribution >= 4 is 23.9 Å². The van der Waals surface area contributed by atoms with Crippen molar-refractivity contribution < 1.29 is 47.6 Å². The Bertz CT molecular complexity index is 1350. The molecule has 2 rings (SSSR count). The van der Waals surface area contributed by atoms with Crippen molar-refractivity contribution in [3.63, 3.8) is 0 Å². The van der Waals surface area contributed by atoms with Crippen molar-refractivity contribution in [3.8, 4) is 0 Å². The molecule has 2 saturated heterocycles. The molecule has 0 bridgehead atoms. The van der Waals surface area contributed by atoms with Gasteiger partial charge in [0.15, 0.2) is 0 Å². The Morgan fingerprint density at radius 1 is 0.492 bits per heavy atom. The molecule has 0 spiro atoms. The van der Waals surface area contributed by atoms with Crippen LogP contribution < -0.4 is 0 Å². The molecule has 0 unspecified atom stereocenters. The van der Waals surface area contributed by atoms with Gasteiger partial charge in [-0.1, -0.05) is 13.8 Å². The van der Waals surface area contributed by atoms with Crippen LogP contribution in [0.2, 0.25) is 0 Å². The Morgan fingerprint density at radius 2 is 0.902 bits per heavy atom. The fourth-order valence-corrected chi connectivity index (χ4v) is 7.28. The molecule has 0 aromatic heterocycles. The Kier molecular flexibility index (Phi) is 22.5. The minimum atomic E-state index is -0.620. The number of rotatable bonds is 17. The monoisotopic (exact) mass is 868 g/mol. The van der Waals surface area contributed by atoms with Crippen molar-refractivity contribution in [1.82, 2.24) is 24.5 Å². The Balaban J connectivity index is 2.18. The van der Waals surface area contributed by atoms with Crippen molar-refractivity contribution in [2.24, 2.45) is 0 Å². The standard InChI is InChI=1S/C46H85N5O10/c1-15-36(51-20-18-17-19-37(51)42(55)61-46(12,13)14)38(16-2)57-32-31-56-30-29-47-21-23-48(33-39(52)58-43(3,4)5)25-27-50(35-41(54)60-45(9,10)11)28-26-49(24-22-47)34-40(53)59-44(6,7)8/h37H,15-35H2,1-14H3/t37-/m0/s1. The van der Waals surface area contributed by atoms with Gasteiger partial charge in [0.2, 0.25) is 0 Å². The van der Waals surface area contributed by atoms with E-state index in [-0.39, 0.29) is 49.6 Å². The van der Waals surface area contributed by atoms with E-state index in [9.17, 15) is 19.2 Å². The highest BCUT2D eigenvalue weighted by Crippen LogP contribution is 2.29. The molecule has 2 aliphatic rings. The van der Waals surface area contributed by atoms with Crippen LogP contribution in [0.5, 0.6) is 0 Å². The number of carbonyl (C=O) groups excluding carboxylic acids is 4. The predicted molar refractivity (Wildman–Crippen MR) is 238 cm³/mol. The molecule has 15 heteroatoms. The summed E-state index contributed by atoms with van der Waals surface area (Å²) in [6, 6.07) is -0.319. The van der Waals surface area contributed by atoms with Crippen LogP contribution in [0.3, 0.4) is 0 Å². The molecular formula is C46H85N5O10. The highest BCUT2D eigenvalue weighted by Gasteiger charge is 2.34. The van der Waals surface area contributed by atoms with Crippen molar-refractivity contribution in [2.45, 2.75) is 157 Å². The number of esters is 4. The minimum absolute atomic E-state index is 0.0884. The van der Waals surface area contributed by atoms with Gasteiger partial charge in [-0.15, -0.1) is 0 Å². The number of hydrogen-bond acceptors (Lipinski definition) is 15. The zero-order chi connectivity index (χ0) is 46.0. The van der Waals surface area contributed by atoms with Crippen LogP contribution in [0.15, 0.2) is 11.5 Å². The smallest absolute Gasteiger partial charge is 0.329 e.